The Hall–Kier alpha value is -0.340. The highest BCUT2D eigenvalue weighted by molar-refractivity contribution is 9.10. The van der Waals surface area contributed by atoms with Crippen LogP contribution < -0.4 is 0 Å². The summed E-state index contributed by atoms with van der Waals surface area (Å²) < 4.78 is 2.71. The third-order valence-electron chi connectivity index (χ3n) is 2.36. The Bertz CT molecular complexity index is 431. The first-order chi connectivity index (χ1) is 6.83. The highest BCUT2D eigenvalue weighted by atomic mass is 79.9. The number of hydrogen-bond donors (Lipinski definition) is 0. The SMILES string of the molecule is CCCCc1sc2ccccc2c1Br. The Kier molecular flexibility index (Phi) is 3.24. The molecular weight excluding hydrogens is 256 g/mol. The van der Waals surface area contributed by atoms with Crippen molar-refractivity contribution in [2.45, 2.75) is 26.2 Å². The molecule has 1 aromatic heterocycles. The minimum Gasteiger partial charge on any atom is -0.139 e. The van der Waals surface area contributed by atoms with Crippen molar-refractivity contribution in [2.24, 2.45) is 0 Å². The largest absolute Gasteiger partial charge is 0.139 e. The molecule has 2 heteroatoms. The molecular formula is C12H13BrS. The molecule has 0 N–H and O–H groups in total. The molecule has 0 unspecified atom stereocenters. The lowest BCUT2D eigenvalue weighted by Gasteiger charge is -1.95. The highest BCUT2D eigenvalue weighted by Gasteiger charge is 2.07. The molecule has 74 valence electrons. The highest BCUT2D eigenvalue weighted by Crippen LogP contribution is 2.36. The number of hydrogen-bond acceptors (Lipinski definition) is 1. The van der Waals surface area contributed by atoms with Gasteiger partial charge in [0.15, 0.2) is 0 Å². The molecule has 14 heavy (non-hydrogen) atoms. The molecule has 0 saturated heterocycles. The van der Waals surface area contributed by atoms with E-state index >= 15 is 0 Å². The molecule has 0 nitrogen and oxygen atoms in total. The van der Waals surface area contributed by atoms with E-state index in [-0.39, 0.29) is 0 Å². The van der Waals surface area contributed by atoms with Gasteiger partial charge in [-0.25, -0.2) is 0 Å². The quantitative estimate of drug-likeness (QED) is 0.735. The van der Waals surface area contributed by atoms with Gasteiger partial charge in [0.25, 0.3) is 0 Å². The molecule has 2 aromatic rings. The summed E-state index contributed by atoms with van der Waals surface area (Å²) in [4.78, 5) is 1.49. The molecule has 0 amide bonds. The van der Waals surface area contributed by atoms with E-state index in [1.54, 1.807) is 0 Å². The zero-order valence-electron chi connectivity index (χ0n) is 8.22. The summed E-state index contributed by atoms with van der Waals surface area (Å²) in [6.07, 6.45) is 3.75. The fraction of sp³-hybridized carbons (Fsp3) is 0.333. The lowest BCUT2D eigenvalue weighted by molar-refractivity contribution is 0.803. The second kappa shape index (κ2) is 4.45. The molecule has 0 aliphatic carbocycles. The summed E-state index contributed by atoms with van der Waals surface area (Å²) >= 11 is 5.61. The van der Waals surface area contributed by atoms with Crippen LogP contribution in [0.15, 0.2) is 28.7 Å². The van der Waals surface area contributed by atoms with Gasteiger partial charge in [0, 0.05) is 19.4 Å². The third kappa shape index (κ3) is 1.86. The van der Waals surface area contributed by atoms with E-state index in [0.717, 1.165) is 0 Å². The Morgan fingerprint density at radius 1 is 1.29 bits per heavy atom. The Balaban J connectivity index is 2.41. The molecule has 0 aliphatic rings. The summed E-state index contributed by atoms with van der Waals surface area (Å²) in [5.74, 6) is 0. The molecule has 0 spiro atoms. The van der Waals surface area contributed by atoms with E-state index in [2.05, 4.69) is 47.1 Å². The van der Waals surface area contributed by atoms with Crippen molar-refractivity contribution >= 4 is 37.4 Å². The van der Waals surface area contributed by atoms with E-state index in [1.165, 1.54) is 38.7 Å². The average Bonchev–Trinajstić information content (AvgIpc) is 2.54. The van der Waals surface area contributed by atoms with Crippen molar-refractivity contribution in [2.75, 3.05) is 0 Å². The number of unbranched alkanes of at least 4 members (excludes halogenated alkanes) is 1. The number of fused-ring (bicyclic) bond motifs is 1. The third-order valence-corrected chi connectivity index (χ3v) is 4.76. The van der Waals surface area contributed by atoms with Gasteiger partial charge < -0.3 is 0 Å². The van der Waals surface area contributed by atoms with Crippen molar-refractivity contribution in [1.29, 1.82) is 0 Å². The molecule has 0 saturated carbocycles. The van der Waals surface area contributed by atoms with E-state index in [4.69, 9.17) is 0 Å². The van der Waals surface area contributed by atoms with Gasteiger partial charge in [-0.3, -0.25) is 0 Å². The topological polar surface area (TPSA) is 0 Å². The molecule has 2 rings (SSSR count). The van der Waals surface area contributed by atoms with Crippen LogP contribution >= 0.6 is 27.3 Å². The van der Waals surface area contributed by atoms with Crippen LogP contribution in [0.5, 0.6) is 0 Å². The summed E-state index contributed by atoms with van der Waals surface area (Å²) in [5.41, 5.74) is 0. The van der Waals surface area contributed by atoms with Gasteiger partial charge in [-0.15, -0.1) is 11.3 Å². The molecule has 1 aromatic carbocycles. The Morgan fingerprint density at radius 2 is 2.07 bits per heavy atom. The Morgan fingerprint density at radius 3 is 2.79 bits per heavy atom. The standard InChI is InChI=1S/C12H13BrS/c1-2-3-7-11-12(13)9-6-4-5-8-10(9)14-11/h4-6,8H,2-3,7H2,1H3. The minimum absolute atomic E-state index is 1.20. The molecule has 0 radical (unpaired) electrons. The molecule has 1 heterocycles. The van der Waals surface area contributed by atoms with Gasteiger partial charge in [0.05, 0.1) is 0 Å². The Labute approximate surface area is 97.1 Å². The predicted molar refractivity (Wildman–Crippen MR) is 68.1 cm³/mol. The molecule has 0 fully saturated rings. The van der Waals surface area contributed by atoms with Crippen molar-refractivity contribution in [3.63, 3.8) is 0 Å². The normalized spacial score (nSPS) is 11.0. The predicted octanol–water partition coefficient (Wildman–Crippen LogP) is 5.01. The average molecular weight is 269 g/mol. The van der Waals surface area contributed by atoms with E-state index in [0.29, 0.717) is 0 Å². The maximum Gasteiger partial charge on any atom is 0.0393 e. The smallest absolute Gasteiger partial charge is 0.0393 e. The fourth-order valence-corrected chi connectivity index (χ4v) is 3.62. The van der Waals surface area contributed by atoms with E-state index in [9.17, 15) is 0 Å². The zero-order valence-corrected chi connectivity index (χ0v) is 10.6. The maximum atomic E-state index is 3.69. The van der Waals surface area contributed by atoms with Gasteiger partial charge >= 0.3 is 0 Å². The second-order valence-electron chi connectivity index (χ2n) is 3.44. The van der Waals surface area contributed by atoms with Crippen LogP contribution in [0.4, 0.5) is 0 Å². The van der Waals surface area contributed by atoms with Crippen LogP contribution in [0.25, 0.3) is 10.1 Å². The summed E-state index contributed by atoms with van der Waals surface area (Å²) in [6, 6.07) is 8.59. The summed E-state index contributed by atoms with van der Waals surface area (Å²) in [5, 5.41) is 1.36. The molecule has 0 aliphatic heterocycles. The molecule has 0 bridgehead atoms. The summed E-state index contributed by atoms with van der Waals surface area (Å²) in [7, 11) is 0. The number of rotatable bonds is 3. The first-order valence-corrected chi connectivity index (χ1v) is 6.59. The van der Waals surface area contributed by atoms with Crippen LogP contribution in [0.1, 0.15) is 24.6 Å². The van der Waals surface area contributed by atoms with Crippen LogP contribution in [0, 0.1) is 0 Å². The van der Waals surface area contributed by atoms with Crippen molar-refractivity contribution in [3.8, 4) is 0 Å². The van der Waals surface area contributed by atoms with Crippen molar-refractivity contribution in [1.82, 2.24) is 0 Å². The first-order valence-electron chi connectivity index (χ1n) is 4.99. The van der Waals surface area contributed by atoms with Crippen LogP contribution in [0.3, 0.4) is 0 Å². The van der Waals surface area contributed by atoms with Crippen molar-refractivity contribution in [3.05, 3.63) is 33.6 Å². The minimum atomic E-state index is 1.20. The lowest BCUT2D eigenvalue weighted by Crippen LogP contribution is -1.79. The first kappa shape index (κ1) is 10.2. The van der Waals surface area contributed by atoms with Crippen molar-refractivity contribution < 1.29 is 0 Å². The number of aryl methyl sites for hydroxylation is 1. The van der Waals surface area contributed by atoms with E-state index < -0.39 is 0 Å². The number of halogens is 1. The number of benzene rings is 1. The van der Waals surface area contributed by atoms with Crippen LogP contribution in [0.2, 0.25) is 0 Å². The fourth-order valence-electron chi connectivity index (χ4n) is 1.56. The van der Waals surface area contributed by atoms with Gasteiger partial charge in [-0.1, -0.05) is 31.5 Å². The number of thiophene rings is 1. The van der Waals surface area contributed by atoms with E-state index in [1.807, 2.05) is 11.3 Å². The molecule has 0 atom stereocenters. The van der Waals surface area contributed by atoms with Gasteiger partial charge in [0.2, 0.25) is 0 Å². The summed E-state index contributed by atoms with van der Waals surface area (Å²) in [6.45, 7) is 2.24. The van der Waals surface area contributed by atoms with Crippen LogP contribution in [-0.4, -0.2) is 0 Å². The zero-order chi connectivity index (χ0) is 9.97. The van der Waals surface area contributed by atoms with Crippen LogP contribution in [-0.2, 0) is 6.42 Å². The van der Waals surface area contributed by atoms with Gasteiger partial charge in [-0.05, 0) is 34.8 Å². The monoisotopic (exact) mass is 268 g/mol. The lowest BCUT2D eigenvalue weighted by atomic mass is 10.2. The second-order valence-corrected chi connectivity index (χ2v) is 5.37. The van der Waals surface area contributed by atoms with Gasteiger partial charge in [-0.2, -0.15) is 0 Å². The van der Waals surface area contributed by atoms with Gasteiger partial charge in [0.1, 0.15) is 0 Å². The maximum absolute atomic E-state index is 3.69.